The molecule has 100 valence electrons. The van der Waals surface area contributed by atoms with Gasteiger partial charge in [-0.25, -0.2) is 0 Å². The molecule has 2 N–H and O–H groups in total. The summed E-state index contributed by atoms with van der Waals surface area (Å²) >= 11 is 0. The van der Waals surface area contributed by atoms with E-state index < -0.39 is 0 Å². The van der Waals surface area contributed by atoms with E-state index in [4.69, 9.17) is 0 Å². The number of hydrogen-bond donors (Lipinski definition) is 2. The van der Waals surface area contributed by atoms with E-state index in [0.29, 0.717) is 12.5 Å². The normalized spacial score (nSPS) is 12.4. The molecule has 0 saturated carbocycles. The Morgan fingerprint density at radius 1 is 1.17 bits per heavy atom. The first-order valence-corrected chi connectivity index (χ1v) is 6.64. The van der Waals surface area contributed by atoms with Crippen LogP contribution in [0.3, 0.4) is 0 Å². The molecule has 1 rings (SSSR count). The van der Waals surface area contributed by atoms with E-state index >= 15 is 0 Å². The van der Waals surface area contributed by atoms with Crippen molar-refractivity contribution in [3.63, 3.8) is 0 Å². The molecular weight excluding hydrogens is 224 g/mol. The molecule has 0 aliphatic heterocycles. The second-order valence-corrected chi connectivity index (χ2v) is 5.06. The van der Waals surface area contributed by atoms with Crippen molar-refractivity contribution in [3.8, 4) is 0 Å². The van der Waals surface area contributed by atoms with Gasteiger partial charge in [0, 0.05) is 0 Å². The Morgan fingerprint density at radius 2 is 1.83 bits per heavy atom. The summed E-state index contributed by atoms with van der Waals surface area (Å²) in [5.74, 6) is 0.721. The molecule has 0 fully saturated rings. The zero-order valence-corrected chi connectivity index (χ0v) is 11.6. The van der Waals surface area contributed by atoms with Crippen LogP contribution in [-0.2, 0) is 4.79 Å². The molecule has 3 heteroatoms. The average molecular weight is 248 g/mol. The van der Waals surface area contributed by atoms with E-state index in [1.807, 2.05) is 37.3 Å². The van der Waals surface area contributed by atoms with E-state index in [-0.39, 0.29) is 11.9 Å². The van der Waals surface area contributed by atoms with E-state index in [1.54, 1.807) is 0 Å². The van der Waals surface area contributed by atoms with Crippen molar-refractivity contribution in [2.75, 3.05) is 13.1 Å². The van der Waals surface area contributed by atoms with E-state index in [0.717, 1.165) is 18.5 Å². The van der Waals surface area contributed by atoms with Gasteiger partial charge in [-0.3, -0.25) is 4.79 Å². The van der Waals surface area contributed by atoms with Gasteiger partial charge >= 0.3 is 0 Å². The first-order valence-electron chi connectivity index (χ1n) is 6.64. The van der Waals surface area contributed by atoms with Crippen molar-refractivity contribution in [1.29, 1.82) is 0 Å². The summed E-state index contributed by atoms with van der Waals surface area (Å²) in [6, 6.07) is 10.1. The molecule has 0 spiro atoms. The van der Waals surface area contributed by atoms with Crippen LogP contribution in [-0.4, -0.2) is 19.0 Å². The fraction of sp³-hybridized carbons (Fsp3) is 0.533. The van der Waals surface area contributed by atoms with Crippen molar-refractivity contribution >= 4 is 5.91 Å². The van der Waals surface area contributed by atoms with Crippen molar-refractivity contribution in [2.45, 2.75) is 33.2 Å². The van der Waals surface area contributed by atoms with Crippen LogP contribution in [0, 0.1) is 5.92 Å². The van der Waals surface area contributed by atoms with Gasteiger partial charge in [0.2, 0.25) is 5.91 Å². The molecule has 1 aromatic carbocycles. The Kier molecular flexibility index (Phi) is 6.44. The molecule has 0 radical (unpaired) electrons. The first kappa shape index (κ1) is 14.7. The van der Waals surface area contributed by atoms with Gasteiger partial charge in [-0.1, -0.05) is 44.2 Å². The van der Waals surface area contributed by atoms with Crippen LogP contribution >= 0.6 is 0 Å². The minimum atomic E-state index is 0.0510. The highest BCUT2D eigenvalue weighted by Gasteiger charge is 2.08. The lowest BCUT2D eigenvalue weighted by atomic mass is 10.1. The standard InChI is InChI=1S/C15H24N2O/c1-12(2)9-10-16-11-15(18)17-13(3)14-7-5-4-6-8-14/h4-8,12-13,16H,9-11H2,1-3H3,(H,17,18). The van der Waals surface area contributed by atoms with Gasteiger partial charge < -0.3 is 10.6 Å². The maximum absolute atomic E-state index is 11.7. The number of benzene rings is 1. The second-order valence-electron chi connectivity index (χ2n) is 5.06. The van der Waals surface area contributed by atoms with Gasteiger partial charge in [0.25, 0.3) is 0 Å². The van der Waals surface area contributed by atoms with Gasteiger partial charge in [-0.05, 0) is 31.4 Å². The summed E-state index contributed by atoms with van der Waals surface area (Å²) in [6.07, 6.45) is 1.10. The topological polar surface area (TPSA) is 41.1 Å². The first-order chi connectivity index (χ1) is 8.59. The van der Waals surface area contributed by atoms with Crippen LogP contribution in [0.1, 0.15) is 38.8 Å². The molecule has 18 heavy (non-hydrogen) atoms. The molecule has 0 aromatic heterocycles. The van der Waals surface area contributed by atoms with E-state index in [2.05, 4.69) is 24.5 Å². The minimum absolute atomic E-state index is 0.0510. The van der Waals surface area contributed by atoms with Gasteiger partial charge in [0.15, 0.2) is 0 Å². The van der Waals surface area contributed by atoms with Crippen LogP contribution in [0.4, 0.5) is 0 Å². The summed E-state index contributed by atoms with van der Waals surface area (Å²) in [6.45, 7) is 7.65. The van der Waals surface area contributed by atoms with Crippen molar-refractivity contribution in [3.05, 3.63) is 35.9 Å². The molecule has 0 saturated heterocycles. The number of nitrogens with one attached hydrogen (secondary N) is 2. The largest absolute Gasteiger partial charge is 0.348 e. The predicted octanol–water partition coefficient (Wildman–Crippen LogP) is 2.50. The van der Waals surface area contributed by atoms with E-state index in [9.17, 15) is 4.79 Å². The van der Waals surface area contributed by atoms with Gasteiger partial charge in [-0.15, -0.1) is 0 Å². The number of rotatable bonds is 7. The summed E-state index contributed by atoms with van der Waals surface area (Å²) < 4.78 is 0. The Labute approximate surface area is 110 Å². The number of hydrogen-bond acceptors (Lipinski definition) is 2. The van der Waals surface area contributed by atoms with Crippen molar-refractivity contribution in [2.24, 2.45) is 5.92 Å². The number of carbonyl (C=O) groups is 1. The lowest BCUT2D eigenvalue weighted by molar-refractivity contribution is -0.120. The highest BCUT2D eigenvalue weighted by Crippen LogP contribution is 2.10. The predicted molar refractivity (Wildman–Crippen MR) is 75.3 cm³/mol. The molecule has 0 aliphatic rings. The summed E-state index contributed by atoms with van der Waals surface area (Å²) in [5, 5.41) is 6.14. The highest BCUT2D eigenvalue weighted by molar-refractivity contribution is 5.78. The summed E-state index contributed by atoms with van der Waals surface area (Å²) in [7, 11) is 0. The van der Waals surface area contributed by atoms with Gasteiger partial charge in [0.05, 0.1) is 12.6 Å². The van der Waals surface area contributed by atoms with Crippen LogP contribution < -0.4 is 10.6 Å². The maximum atomic E-state index is 11.7. The molecule has 3 nitrogen and oxygen atoms in total. The Balaban J connectivity index is 2.24. The molecule has 1 aromatic rings. The lowest BCUT2D eigenvalue weighted by Gasteiger charge is -2.14. The van der Waals surface area contributed by atoms with Crippen LogP contribution in [0.25, 0.3) is 0 Å². The minimum Gasteiger partial charge on any atom is -0.348 e. The maximum Gasteiger partial charge on any atom is 0.234 e. The molecule has 0 aliphatic carbocycles. The second kappa shape index (κ2) is 7.88. The molecule has 0 heterocycles. The Bertz CT molecular complexity index is 349. The SMILES string of the molecule is CC(C)CCNCC(=O)NC(C)c1ccccc1. The number of carbonyl (C=O) groups excluding carboxylic acids is 1. The Morgan fingerprint density at radius 3 is 2.44 bits per heavy atom. The lowest BCUT2D eigenvalue weighted by Crippen LogP contribution is -2.35. The van der Waals surface area contributed by atoms with E-state index in [1.165, 1.54) is 0 Å². The van der Waals surface area contributed by atoms with Crippen molar-refractivity contribution in [1.82, 2.24) is 10.6 Å². The summed E-state index contributed by atoms with van der Waals surface area (Å²) in [4.78, 5) is 11.7. The fourth-order valence-corrected chi connectivity index (χ4v) is 1.71. The van der Waals surface area contributed by atoms with Gasteiger partial charge in [-0.2, -0.15) is 0 Å². The third kappa shape index (κ3) is 5.82. The molecular formula is C15H24N2O. The monoisotopic (exact) mass is 248 g/mol. The van der Waals surface area contributed by atoms with Crippen LogP contribution in [0.15, 0.2) is 30.3 Å². The molecule has 1 unspecified atom stereocenters. The fourth-order valence-electron chi connectivity index (χ4n) is 1.71. The third-order valence-corrected chi connectivity index (χ3v) is 2.86. The van der Waals surface area contributed by atoms with Crippen LogP contribution in [0.2, 0.25) is 0 Å². The van der Waals surface area contributed by atoms with Gasteiger partial charge in [0.1, 0.15) is 0 Å². The van der Waals surface area contributed by atoms with Crippen LogP contribution in [0.5, 0.6) is 0 Å². The molecule has 1 amide bonds. The molecule has 1 atom stereocenters. The highest BCUT2D eigenvalue weighted by atomic mass is 16.1. The number of amides is 1. The quantitative estimate of drug-likeness (QED) is 0.728. The zero-order valence-electron chi connectivity index (χ0n) is 11.6. The van der Waals surface area contributed by atoms with Crippen molar-refractivity contribution < 1.29 is 4.79 Å². The Hall–Kier alpha value is -1.35. The average Bonchev–Trinajstić information content (AvgIpc) is 2.35. The summed E-state index contributed by atoms with van der Waals surface area (Å²) in [5.41, 5.74) is 1.13. The zero-order chi connectivity index (χ0) is 13.4. The third-order valence-electron chi connectivity index (χ3n) is 2.86. The molecule has 0 bridgehead atoms. The smallest absolute Gasteiger partial charge is 0.234 e.